The second kappa shape index (κ2) is 5.55. The lowest BCUT2D eigenvalue weighted by molar-refractivity contribution is 1.38. The van der Waals surface area contributed by atoms with E-state index in [1.165, 1.54) is 0 Å². The zero-order valence-electron chi connectivity index (χ0n) is 10.0. The summed E-state index contributed by atoms with van der Waals surface area (Å²) in [6.45, 7) is 0. The smallest absolute Gasteiger partial charge is 0.187 e. The maximum atomic E-state index is 4.60. The molecule has 3 rings (SSSR count). The molecule has 0 atom stereocenters. The molecule has 0 fully saturated rings. The highest BCUT2D eigenvalue weighted by Crippen LogP contribution is 2.28. The first kappa shape index (κ1) is 12.4. The number of hydrogen-bond donors (Lipinski definition) is 1. The molecule has 1 heterocycles. The molecule has 0 aliphatic heterocycles. The summed E-state index contributed by atoms with van der Waals surface area (Å²) in [6, 6.07) is 18.2. The van der Waals surface area contributed by atoms with E-state index >= 15 is 0 Å². The Kier molecular flexibility index (Phi) is 3.62. The van der Waals surface area contributed by atoms with Crippen molar-refractivity contribution in [2.24, 2.45) is 0 Å². The highest BCUT2D eigenvalue weighted by atomic mass is 79.9. The van der Waals surface area contributed by atoms with Crippen LogP contribution in [0.25, 0.3) is 11.3 Å². The minimum absolute atomic E-state index is 0.904. The van der Waals surface area contributed by atoms with Crippen LogP contribution in [0.3, 0.4) is 0 Å². The van der Waals surface area contributed by atoms with Crippen LogP contribution in [0, 0.1) is 0 Å². The first-order chi connectivity index (χ1) is 9.31. The summed E-state index contributed by atoms with van der Waals surface area (Å²) in [5.41, 5.74) is 3.16. The molecule has 0 saturated heterocycles. The molecule has 0 aliphatic rings. The van der Waals surface area contributed by atoms with Gasteiger partial charge in [0, 0.05) is 21.1 Å². The van der Waals surface area contributed by atoms with Crippen LogP contribution in [-0.4, -0.2) is 4.98 Å². The minimum atomic E-state index is 0.904. The van der Waals surface area contributed by atoms with E-state index in [0.717, 1.165) is 26.5 Å². The van der Waals surface area contributed by atoms with E-state index in [2.05, 4.69) is 43.7 Å². The zero-order valence-corrected chi connectivity index (χ0v) is 12.4. The molecule has 3 aromatic rings. The van der Waals surface area contributed by atoms with Crippen molar-refractivity contribution in [2.75, 3.05) is 5.32 Å². The summed E-state index contributed by atoms with van der Waals surface area (Å²) >= 11 is 5.09. The average molecular weight is 331 g/mol. The van der Waals surface area contributed by atoms with Gasteiger partial charge in [-0.25, -0.2) is 4.98 Å². The summed E-state index contributed by atoms with van der Waals surface area (Å²) < 4.78 is 1.07. The predicted molar refractivity (Wildman–Crippen MR) is 85.0 cm³/mol. The molecule has 0 spiro atoms. The Bertz CT molecular complexity index is 679. The van der Waals surface area contributed by atoms with Gasteiger partial charge in [-0.3, -0.25) is 0 Å². The molecule has 0 unspecified atom stereocenters. The lowest BCUT2D eigenvalue weighted by Gasteiger charge is -2.01. The molecule has 2 aromatic carbocycles. The second-order valence-corrected chi connectivity index (χ2v) is 5.81. The van der Waals surface area contributed by atoms with Crippen molar-refractivity contribution in [3.8, 4) is 11.3 Å². The van der Waals surface area contributed by atoms with Gasteiger partial charge in [0.15, 0.2) is 5.13 Å². The summed E-state index contributed by atoms with van der Waals surface area (Å²) in [4.78, 5) is 4.60. The van der Waals surface area contributed by atoms with Gasteiger partial charge in [-0.05, 0) is 24.3 Å². The average Bonchev–Trinajstić information content (AvgIpc) is 2.88. The van der Waals surface area contributed by atoms with E-state index < -0.39 is 0 Å². The summed E-state index contributed by atoms with van der Waals surface area (Å²) in [5.74, 6) is 0. The van der Waals surface area contributed by atoms with Crippen molar-refractivity contribution < 1.29 is 0 Å². The normalized spacial score (nSPS) is 10.4. The summed E-state index contributed by atoms with van der Waals surface area (Å²) in [6.07, 6.45) is 0. The molecule has 19 heavy (non-hydrogen) atoms. The first-order valence-electron chi connectivity index (χ1n) is 5.85. The van der Waals surface area contributed by atoms with E-state index in [0.29, 0.717) is 0 Å². The van der Waals surface area contributed by atoms with Gasteiger partial charge >= 0.3 is 0 Å². The van der Waals surface area contributed by atoms with Gasteiger partial charge in [0.2, 0.25) is 0 Å². The highest BCUT2D eigenvalue weighted by Gasteiger charge is 2.05. The third-order valence-corrected chi connectivity index (χ3v) is 3.90. The quantitative estimate of drug-likeness (QED) is 0.703. The highest BCUT2D eigenvalue weighted by molar-refractivity contribution is 9.10. The van der Waals surface area contributed by atoms with Crippen molar-refractivity contribution in [3.05, 3.63) is 64.5 Å². The Labute approximate surface area is 124 Å². The molecular formula is C15H11BrN2S. The van der Waals surface area contributed by atoms with E-state index in [9.17, 15) is 0 Å². The van der Waals surface area contributed by atoms with Crippen LogP contribution in [0.1, 0.15) is 0 Å². The topological polar surface area (TPSA) is 24.9 Å². The van der Waals surface area contributed by atoms with E-state index in [1.54, 1.807) is 11.3 Å². The van der Waals surface area contributed by atoms with Gasteiger partial charge in [0.1, 0.15) is 0 Å². The molecule has 1 aromatic heterocycles. The summed E-state index contributed by atoms with van der Waals surface area (Å²) in [5, 5.41) is 6.27. The largest absolute Gasteiger partial charge is 0.332 e. The fourth-order valence-electron chi connectivity index (χ4n) is 1.76. The van der Waals surface area contributed by atoms with Crippen LogP contribution < -0.4 is 5.32 Å². The third-order valence-electron chi connectivity index (χ3n) is 2.65. The second-order valence-electron chi connectivity index (χ2n) is 4.04. The molecule has 0 bridgehead atoms. The summed E-state index contributed by atoms with van der Waals surface area (Å²) in [7, 11) is 0. The number of rotatable bonds is 3. The minimum Gasteiger partial charge on any atom is -0.332 e. The molecule has 94 valence electrons. The van der Waals surface area contributed by atoms with Gasteiger partial charge in [0.05, 0.1) is 5.69 Å². The SMILES string of the molecule is Brc1cccc(-c2csc(Nc3ccccc3)n2)c1. The Morgan fingerprint density at radius 2 is 1.84 bits per heavy atom. The molecule has 0 radical (unpaired) electrons. The van der Waals surface area contributed by atoms with Gasteiger partial charge in [-0.2, -0.15) is 0 Å². The van der Waals surface area contributed by atoms with E-state index in [1.807, 2.05) is 42.5 Å². The number of hydrogen-bond acceptors (Lipinski definition) is 3. The number of thiazole rings is 1. The van der Waals surface area contributed by atoms with Crippen molar-refractivity contribution in [1.82, 2.24) is 4.98 Å². The van der Waals surface area contributed by atoms with Crippen molar-refractivity contribution >= 4 is 38.1 Å². The Balaban J connectivity index is 1.84. The van der Waals surface area contributed by atoms with E-state index in [-0.39, 0.29) is 0 Å². The standard InChI is InChI=1S/C15H11BrN2S/c16-12-6-4-5-11(9-12)14-10-19-15(18-14)17-13-7-2-1-3-8-13/h1-10H,(H,17,18). The van der Waals surface area contributed by atoms with Crippen molar-refractivity contribution in [3.63, 3.8) is 0 Å². The fraction of sp³-hybridized carbons (Fsp3) is 0. The number of anilines is 2. The van der Waals surface area contributed by atoms with Crippen LogP contribution >= 0.6 is 27.3 Å². The van der Waals surface area contributed by atoms with Gasteiger partial charge < -0.3 is 5.32 Å². The lowest BCUT2D eigenvalue weighted by atomic mass is 10.2. The molecule has 2 nitrogen and oxygen atoms in total. The molecule has 1 N–H and O–H groups in total. The van der Waals surface area contributed by atoms with Gasteiger partial charge in [-0.1, -0.05) is 46.3 Å². The van der Waals surface area contributed by atoms with Crippen LogP contribution in [0.4, 0.5) is 10.8 Å². The Morgan fingerprint density at radius 3 is 2.63 bits per heavy atom. The van der Waals surface area contributed by atoms with Crippen molar-refractivity contribution in [2.45, 2.75) is 0 Å². The lowest BCUT2D eigenvalue weighted by Crippen LogP contribution is -1.88. The Hall–Kier alpha value is -1.65. The van der Waals surface area contributed by atoms with Gasteiger partial charge in [-0.15, -0.1) is 11.3 Å². The molecule has 4 heteroatoms. The van der Waals surface area contributed by atoms with Crippen LogP contribution in [0.5, 0.6) is 0 Å². The fourth-order valence-corrected chi connectivity index (χ4v) is 2.90. The monoisotopic (exact) mass is 330 g/mol. The van der Waals surface area contributed by atoms with Crippen molar-refractivity contribution in [1.29, 1.82) is 0 Å². The number of nitrogens with zero attached hydrogens (tertiary/aromatic N) is 1. The number of para-hydroxylation sites is 1. The van der Waals surface area contributed by atoms with Crippen LogP contribution in [0.2, 0.25) is 0 Å². The molecular weight excluding hydrogens is 320 g/mol. The number of aromatic nitrogens is 1. The third kappa shape index (κ3) is 3.03. The van der Waals surface area contributed by atoms with Gasteiger partial charge in [0.25, 0.3) is 0 Å². The first-order valence-corrected chi connectivity index (χ1v) is 7.52. The molecule has 0 saturated carbocycles. The van der Waals surface area contributed by atoms with Crippen LogP contribution in [0.15, 0.2) is 64.5 Å². The molecule has 0 amide bonds. The maximum absolute atomic E-state index is 4.60. The molecule has 0 aliphatic carbocycles. The zero-order chi connectivity index (χ0) is 13.1. The number of benzene rings is 2. The maximum Gasteiger partial charge on any atom is 0.187 e. The Morgan fingerprint density at radius 1 is 1.00 bits per heavy atom. The predicted octanol–water partition coefficient (Wildman–Crippen LogP) is 5.32. The van der Waals surface area contributed by atoms with E-state index in [4.69, 9.17) is 0 Å². The van der Waals surface area contributed by atoms with Crippen LogP contribution in [-0.2, 0) is 0 Å². The number of halogens is 1. The number of nitrogens with one attached hydrogen (secondary N) is 1.